The molecule has 4 heteroatoms. The van der Waals surface area contributed by atoms with Crippen LogP contribution in [0.4, 0.5) is 0 Å². The van der Waals surface area contributed by atoms with Gasteiger partial charge in [0.25, 0.3) is 0 Å². The average molecular weight is 192 g/mol. The van der Waals surface area contributed by atoms with Crippen LogP contribution in [0.1, 0.15) is 29.9 Å². The fourth-order valence-corrected chi connectivity index (χ4v) is 1.62. The number of nitrogens with zero attached hydrogens (tertiary/aromatic N) is 3. The largest absolute Gasteiger partial charge is 0.298 e. The van der Waals surface area contributed by atoms with Crippen LogP contribution in [-0.4, -0.2) is 16.3 Å². The molecule has 1 aromatic rings. The Labute approximate surface area is 84.5 Å². The number of nitriles is 1. The molecule has 0 fully saturated rings. The van der Waals surface area contributed by atoms with Gasteiger partial charge in [0.1, 0.15) is 6.04 Å². The zero-order chi connectivity index (χ0) is 10.7. The van der Waals surface area contributed by atoms with Gasteiger partial charge in [0, 0.05) is 18.3 Å². The summed E-state index contributed by atoms with van der Waals surface area (Å²) in [5.41, 5.74) is 2.99. The minimum atomic E-state index is -0.242. The first-order chi connectivity index (χ1) is 6.61. The molecule has 0 bridgehead atoms. The Kier molecular flexibility index (Phi) is 3.26. The van der Waals surface area contributed by atoms with Crippen molar-refractivity contribution in [1.82, 2.24) is 15.1 Å². The van der Waals surface area contributed by atoms with Crippen molar-refractivity contribution in [2.45, 2.75) is 26.8 Å². The van der Waals surface area contributed by atoms with Crippen LogP contribution in [0.15, 0.2) is 0 Å². The molecule has 0 spiro atoms. The quantitative estimate of drug-likeness (QED) is 0.783. The maximum Gasteiger partial charge on any atom is 0.124 e. The molecule has 0 radical (unpaired) electrons. The number of rotatable bonds is 3. The van der Waals surface area contributed by atoms with E-state index in [2.05, 4.69) is 16.5 Å². The summed E-state index contributed by atoms with van der Waals surface area (Å²) in [6.07, 6.45) is 0. The van der Waals surface area contributed by atoms with Gasteiger partial charge in [-0.1, -0.05) is 6.92 Å². The monoisotopic (exact) mass is 192 g/mol. The summed E-state index contributed by atoms with van der Waals surface area (Å²) in [4.78, 5) is 0. The zero-order valence-corrected chi connectivity index (χ0v) is 9.13. The van der Waals surface area contributed by atoms with Crippen molar-refractivity contribution in [3.05, 3.63) is 17.0 Å². The third-order valence-corrected chi connectivity index (χ3v) is 2.39. The third kappa shape index (κ3) is 1.78. The predicted molar refractivity (Wildman–Crippen MR) is 54.7 cm³/mol. The molecule has 1 aromatic heterocycles. The summed E-state index contributed by atoms with van der Waals surface area (Å²) in [5.74, 6) is 0. The van der Waals surface area contributed by atoms with Gasteiger partial charge >= 0.3 is 0 Å². The Morgan fingerprint density at radius 3 is 2.57 bits per heavy atom. The second-order valence-electron chi connectivity index (χ2n) is 3.33. The lowest BCUT2D eigenvalue weighted by molar-refractivity contribution is 0.649. The lowest BCUT2D eigenvalue weighted by Crippen LogP contribution is -2.20. The fourth-order valence-electron chi connectivity index (χ4n) is 1.62. The lowest BCUT2D eigenvalue weighted by Gasteiger charge is -2.09. The number of aryl methyl sites for hydroxylation is 2. The molecule has 1 rings (SSSR count). The Morgan fingerprint density at radius 2 is 2.21 bits per heavy atom. The van der Waals surface area contributed by atoms with E-state index in [0.29, 0.717) is 0 Å². The minimum absolute atomic E-state index is 0.242. The van der Waals surface area contributed by atoms with Gasteiger partial charge in [0.15, 0.2) is 0 Å². The van der Waals surface area contributed by atoms with Crippen LogP contribution in [-0.2, 0) is 7.05 Å². The van der Waals surface area contributed by atoms with Crippen molar-refractivity contribution < 1.29 is 0 Å². The molecule has 0 saturated heterocycles. The standard InChI is InChI=1S/C10H16N4/c1-5-12-9(6-11)10-7(2)13-14(4)8(10)3/h9,12H,5H2,1-4H3. The normalized spacial score (nSPS) is 12.5. The maximum atomic E-state index is 9.02. The highest BCUT2D eigenvalue weighted by Gasteiger charge is 2.18. The molecule has 1 atom stereocenters. The SMILES string of the molecule is CCNC(C#N)c1c(C)nn(C)c1C. The van der Waals surface area contributed by atoms with Crippen molar-refractivity contribution in [3.8, 4) is 6.07 Å². The van der Waals surface area contributed by atoms with Gasteiger partial charge in [-0.3, -0.25) is 10.00 Å². The summed E-state index contributed by atoms with van der Waals surface area (Å²) in [7, 11) is 1.90. The second-order valence-corrected chi connectivity index (χ2v) is 3.33. The Bertz CT molecular complexity index is 359. The summed E-state index contributed by atoms with van der Waals surface area (Å²) in [6.45, 7) is 6.69. The van der Waals surface area contributed by atoms with E-state index in [1.807, 2.05) is 32.5 Å². The van der Waals surface area contributed by atoms with E-state index >= 15 is 0 Å². The molecule has 76 valence electrons. The molecular formula is C10H16N4. The van der Waals surface area contributed by atoms with Crippen molar-refractivity contribution in [2.75, 3.05) is 6.54 Å². The molecule has 1 unspecified atom stereocenters. The van der Waals surface area contributed by atoms with Gasteiger partial charge in [-0.2, -0.15) is 10.4 Å². The van der Waals surface area contributed by atoms with Crippen LogP contribution >= 0.6 is 0 Å². The van der Waals surface area contributed by atoms with E-state index in [4.69, 9.17) is 5.26 Å². The number of nitrogens with one attached hydrogen (secondary N) is 1. The fraction of sp³-hybridized carbons (Fsp3) is 0.600. The van der Waals surface area contributed by atoms with Crippen LogP contribution in [0, 0.1) is 25.2 Å². The van der Waals surface area contributed by atoms with Crippen molar-refractivity contribution in [1.29, 1.82) is 5.26 Å². The van der Waals surface area contributed by atoms with E-state index < -0.39 is 0 Å². The maximum absolute atomic E-state index is 9.02. The first kappa shape index (κ1) is 10.7. The van der Waals surface area contributed by atoms with Gasteiger partial charge in [-0.05, 0) is 20.4 Å². The van der Waals surface area contributed by atoms with E-state index in [1.54, 1.807) is 0 Å². The number of aromatic nitrogens is 2. The lowest BCUT2D eigenvalue weighted by atomic mass is 10.1. The molecule has 0 aromatic carbocycles. The van der Waals surface area contributed by atoms with Gasteiger partial charge in [-0.15, -0.1) is 0 Å². The molecule has 14 heavy (non-hydrogen) atoms. The Balaban J connectivity index is 3.10. The highest BCUT2D eigenvalue weighted by atomic mass is 15.3. The average Bonchev–Trinajstić information content (AvgIpc) is 2.39. The van der Waals surface area contributed by atoms with Gasteiger partial charge in [0.05, 0.1) is 11.8 Å². The first-order valence-electron chi connectivity index (χ1n) is 4.74. The van der Waals surface area contributed by atoms with Crippen LogP contribution in [0.3, 0.4) is 0 Å². The predicted octanol–water partition coefficient (Wildman–Crippen LogP) is 1.21. The van der Waals surface area contributed by atoms with Gasteiger partial charge < -0.3 is 0 Å². The Hall–Kier alpha value is -1.34. The summed E-state index contributed by atoms with van der Waals surface area (Å²) < 4.78 is 1.81. The molecule has 0 aliphatic rings. The molecule has 0 amide bonds. The van der Waals surface area contributed by atoms with Crippen LogP contribution < -0.4 is 5.32 Å². The molecule has 0 aliphatic carbocycles. The highest BCUT2D eigenvalue weighted by molar-refractivity contribution is 5.32. The van der Waals surface area contributed by atoms with Crippen LogP contribution in [0.5, 0.6) is 0 Å². The van der Waals surface area contributed by atoms with E-state index in [9.17, 15) is 0 Å². The Morgan fingerprint density at radius 1 is 1.57 bits per heavy atom. The van der Waals surface area contributed by atoms with Crippen LogP contribution in [0.25, 0.3) is 0 Å². The third-order valence-electron chi connectivity index (χ3n) is 2.39. The molecule has 1 heterocycles. The smallest absolute Gasteiger partial charge is 0.124 e. The number of hydrogen-bond acceptors (Lipinski definition) is 3. The summed E-state index contributed by atoms with van der Waals surface area (Å²) in [6, 6.07) is 2.01. The summed E-state index contributed by atoms with van der Waals surface area (Å²) in [5, 5.41) is 16.4. The molecule has 0 saturated carbocycles. The van der Waals surface area contributed by atoms with Gasteiger partial charge in [-0.25, -0.2) is 0 Å². The first-order valence-corrected chi connectivity index (χ1v) is 4.74. The molecule has 0 aliphatic heterocycles. The van der Waals surface area contributed by atoms with E-state index in [1.165, 1.54) is 0 Å². The minimum Gasteiger partial charge on any atom is -0.298 e. The zero-order valence-electron chi connectivity index (χ0n) is 9.13. The molecule has 4 nitrogen and oxygen atoms in total. The topological polar surface area (TPSA) is 53.6 Å². The van der Waals surface area contributed by atoms with E-state index in [-0.39, 0.29) is 6.04 Å². The molecular weight excluding hydrogens is 176 g/mol. The van der Waals surface area contributed by atoms with E-state index in [0.717, 1.165) is 23.5 Å². The highest BCUT2D eigenvalue weighted by Crippen LogP contribution is 2.20. The summed E-state index contributed by atoms with van der Waals surface area (Å²) >= 11 is 0. The van der Waals surface area contributed by atoms with Crippen molar-refractivity contribution in [2.24, 2.45) is 7.05 Å². The van der Waals surface area contributed by atoms with Crippen molar-refractivity contribution in [3.63, 3.8) is 0 Å². The molecule has 1 N–H and O–H groups in total. The number of hydrogen-bond donors (Lipinski definition) is 1. The van der Waals surface area contributed by atoms with Crippen molar-refractivity contribution >= 4 is 0 Å². The van der Waals surface area contributed by atoms with Crippen LogP contribution in [0.2, 0.25) is 0 Å². The van der Waals surface area contributed by atoms with Gasteiger partial charge in [0.2, 0.25) is 0 Å². The second kappa shape index (κ2) is 4.25.